The maximum Gasteiger partial charge on any atom is 0.363 e. The molecular weight excluding hydrogens is 570 g/mol. The molecule has 0 unspecified atom stereocenters. The zero-order valence-corrected chi connectivity index (χ0v) is 23.4. The Kier molecular flexibility index (Phi) is 7.09. The Bertz CT molecular complexity index is 1810. The van der Waals surface area contributed by atoms with Gasteiger partial charge in [0.05, 0.1) is 0 Å². The van der Waals surface area contributed by atoms with Crippen molar-refractivity contribution in [3.63, 3.8) is 0 Å². The Hall–Kier alpha value is -6.48. The van der Waals surface area contributed by atoms with Crippen LogP contribution in [0.15, 0.2) is 141 Å². The predicted octanol–water partition coefficient (Wildman–Crippen LogP) is 5.72. The van der Waals surface area contributed by atoms with E-state index in [1.807, 2.05) is 91.0 Å². The number of hydrogen-bond acceptors (Lipinski definition) is 9. The lowest BCUT2D eigenvalue weighted by atomic mass is 10.0. The monoisotopic (exact) mass is 591 g/mol. The molecule has 0 amide bonds. The first-order valence-corrected chi connectivity index (χ1v) is 13.9. The van der Waals surface area contributed by atoms with Crippen LogP contribution in [0.4, 0.5) is 0 Å². The quantitative estimate of drug-likeness (QED) is 0.161. The van der Waals surface area contributed by atoms with E-state index >= 15 is 0 Å². The molecule has 3 heterocycles. The summed E-state index contributed by atoms with van der Waals surface area (Å²) < 4.78 is 16.6. The van der Waals surface area contributed by atoms with Crippen molar-refractivity contribution in [2.45, 2.75) is 0 Å². The summed E-state index contributed by atoms with van der Waals surface area (Å²) in [7, 11) is 0. The van der Waals surface area contributed by atoms with Gasteiger partial charge in [-0.25, -0.2) is 29.4 Å². The molecule has 0 saturated heterocycles. The average molecular weight is 592 g/mol. The molecule has 0 fully saturated rings. The van der Waals surface area contributed by atoms with Crippen molar-refractivity contribution in [2.24, 2.45) is 15.0 Å². The predicted molar refractivity (Wildman–Crippen MR) is 168 cm³/mol. The maximum absolute atomic E-state index is 12.8. The van der Waals surface area contributed by atoms with Crippen LogP contribution in [0.3, 0.4) is 0 Å². The van der Waals surface area contributed by atoms with Gasteiger partial charge in [0.1, 0.15) is 0 Å². The topological polar surface area (TPSA) is 116 Å². The van der Waals surface area contributed by atoms with E-state index in [0.29, 0.717) is 16.7 Å². The first kappa shape index (κ1) is 27.4. The van der Waals surface area contributed by atoms with Crippen LogP contribution < -0.4 is 0 Å². The van der Waals surface area contributed by atoms with E-state index in [1.165, 1.54) is 0 Å². The molecule has 0 atom stereocenters. The number of esters is 3. The van der Waals surface area contributed by atoms with Gasteiger partial charge in [0.15, 0.2) is 17.1 Å². The molecule has 4 aromatic carbocycles. The highest BCUT2D eigenvalue weighted by Crippen LogP contribution is 2.27. The second kappa shape index (κ2) is 11.7. The third-order valence-corrected chi connectivity index (χ3v) is 6.84. The van der Waals surface area contributed by atoms with Gasteiger partial charge in [-0.2, -0.15) is 0 Å². The molecule has 7 rings (SSSR count). The van der Waals surface area contributed by atoms with Gasteiger partial charge in [0, 0.05) is 16.7 Å². The molecule has 3 aliphatic heterocycles. The molecule has 0 aromatic heterocycles. The minimum atomic E-state index is -0.628. The van der Waals surface area contributed by atoms with Crippen molar-refractivity contribution >= 4 is 53.8 Å². The molecule has 216 valence electrons. The second-order valence-electron chi connectivity index (χ2n) is 10.0. The molecule has 0 bridgehead atoms. The van der Waals surface area contributed by atoms with Crippen LogP contribution in [0.1, 0.15) is 33.4 Å². The van der Waals surface area contributed by atoms with Crippen molar-refractivity contribution in [2.75, 3.05) is 0 Å². The molecule has 3 aliphatic rings. The van der Waals surface area contributed by atoms with E-state index in [-0.39, 0.29) is 34.8 Å². The summed E-state index contributed by atoms with van der Waals surface area (Å²) in [5.41, 5.74) is 3.72. The lowest BCUT2D eigenvalue weighted by Crippen LogP contribution is -2.13. The smallest absolute Gasteiger partial charge is 0.363 e. The zero-order chi connectivity index (χ0) is 30.8. The Morgan fingerprint density at radius 3 is 0.933 bits per heavy atom. The SMILES string of the molecule is O=C1OC(c2cc(C3=N/C(=C\c4ccccc4)C(=O)O3)cc(C3=N/C(=C/c4ccccc4)C(=O)O3)c2)=N/C1=C\c1ccccc1. The first-order valence-electron chi connectivity index (χ1n) is 13.9. The van der Waals surface area contributed by atoms with Crippen LogP contribution in [-0.2, 0) is 28.6 Å². The minimum Gasteiger partial charge on any atom is -0.402 e. The summed E-state index contributed by atoms with van der Waals surface area (Å²) in [6.45, 7) is 0. The van der Waals surface area contributed by atoms with Crippen molar-refractivity contribution in [3.05, 3.63) is 160 Å². The van der Waals surface area contributed by atoms with Gasteiger partial charge in [-0.05, 0) is 53.1 Å². The van der Waals surface area contributed by atoms with Crippen LogP contribution in [0, 0.1) is 0 Å². The van der Waals surface area contributed by atoms with Crippen LogP contribution >= 0.6 is 0 Å². The Labute approximate surface area is 256 Å². The van der Waals surface area contributed by atoms with Gasteiger partial charge in [-0.1, -0.05) is 91.0 Å². The normalized spacial score (nSPS) is 18.5. The van der Waals surface area contributed by atoms with Crippen LogP contribution in [0.25, 0.3) is 18.2 Å². The van der Waals surface area contributed by atoms with E-state index in [2.05, 4.69) is 15.0 Å². The Balaban J connectivity index is 1.31. The number of carbonyl (C=O) groups is 3. The Morgan fingerprint density at radius 2 is 0.667 bits per heavy atom. The lowest BCUT2D eigenvalue weighted by Gasteiger charge is -2.08. The van der Waals surface area contributed by atoms with E-state index in [1.54, 1.807) is 36.4 Å². The highest BCUT2D eigenvalue weighted by molar-refractivity contribution is 6.18. The minimum absolute atomic E-state index is 0.0141. The van der Waals surface area contributed by atoms with Gasteiger partial charge in [-0.15, -0.1) is 0 Å². The maximum atomic E-state index is 12.8. The average Bonchev–Trinajstić information content (AvgIpc) is 3.74. The fraction of sp³-hybridized carbons (Fsp3) is 0. The number of nitrogens with zero attached hydrogens (tertiary/aromatic N) is 3. The Morgan fingerprint density at radius 1 is 0.400 bits per heavy atom. The standard InChI is InChI=1S/C36H21N3O6/c40-34-28(16-22-10-4-1-5-11-22)37-31(43-34)25-19-26(32-38-29(35(41)44-32)17-23-12-6-2-7-13-23)21-27(20-25)33-39-30(36(42)45-33)18-24-14-8-3-9-15-24/h1-21H/b28-16-,29-17-,30-18+. The molecule has 45 heavy (non-hydrogen) atoms. The lowest BCUT2D eigenvalue weighted by molar-refractivity contribution is -0.130. The molecule has 0 spiro atoms. The van der Waals surface area contributed by atoms with Gasteiger partial charge in [-0.3, -0.25) is 0 Å². The molecule has 4 aromatic rings. The largest absolute Gasteiger partial charge is 0.402 e. The fourth-order valence-corrected chi connectivity index (χ4v) is 4.72. The summed E-state index contributed by atoms with van der Waals surface area (Å²) >= 11 is 0. The number of benzene rings is 4. The van der Waals surface area contributed by atoms with Gasteiger partial charge < -0.3 is 14.2 Å². The number of rotatable bonds is 6. The molecular formula is C36H21N3O6. The summed E-state index contributed by atoms with van der Waals surface area (Å²) in [6, 6.07) is 32.6. The van der Waals surface area contributed by atoms with E-state index in [0.717, 1.165) is 16.7 Å². The molecule has 9 heteroatoms. The van der Waals surface area contributed by atoms with Crippen molar-refractivity contribution < 1.29 is 28.6 Å². The van der Waals surface area contributed by atoms with Crippen LogP contribution in [0.2, 0.25) is 0 Å². The number of cyclic esters (lactones) is 3. The summed E-state index contributed by atoms with van der Waals surface area (Å²) in [5, 5.41) is 0. The van der Waals surface area contributed by atoms with Crippen LogP contribution in [-0.4, -0.2) is 35.6 Å². The molecule has 0 aliphatic carbocycles. The molecule has 0 N–H and O–H groups in total. The van der Waals surface area contributed by atoms with E-state index < -0.39 is 17.9 Å². The highest BCUT2D eigenvalue weighted by Gasteiger charge is 2.31. The first-order chi connectivity index (χ1) is 22.0. The summed E-state index contributed by atoms with van der Waals surface area (Å²) in [5.74, 6) is -1.84. The summed E-state index contributed by atoms with van der Waals surface area (Å²) in [6.07, 6.45) is 4.85. The zero-order valence-electron chi connectivity index (χ0n) is 23.4. The van der Waals surface area contributed by atoms with Gasteiger partial charge >= 0.3 is 17.9 Å². The van der Waals surface area contributed by atoms with Crippen molar-refractivity contribution in [3.8, 4) is 0 Å². The number of carbonyl (C=O) groups excluding carboxylic acids is 3. The number of hydrogen-bond donors (Lipinski definition) is 0. The van der Waals surface area contributed by atoms with Gasteiger partial charge in [0.2, 0.25) is 17.7 Å². The molecule has 9 nitrogen and oxygen atoms in total. The van der Waals surface area contributed by atoms with Crippen molar-refractivity contribution in [1.82, 2.24) is 0 Å². The fourth-order valence-electron chi connectivity index (χ4n) is 4.72. The van der Waals surface area contributed by atoms with Crippen molar-refractivity contribution in [1.29, 1.82) is 0 Å². The highest BCUT2D eigenvalue weighted by atomic mass is 16.6. The molecule has 0 saturated carbocycles. The summed E-state index contributed by atoms with van der Waals surface area (Å²) in [4.78, 5) is 51.6. The third kappa shape index (κ3) is 5.91. The third-order valence-electron chi connectivity index (χ3n) is 6.84. The van der Waals surface area contributed by atoms with Gasteiger partial charge in [0.25, 0.3) is 0 Å². The number of aliphatic imine (C=N–C) groups is 3. The van der Waals surface area contributed by atoms with Crippen LogP contribution in [0.5, 0.6) is 0 Å². The second-order valence-corrected chi connectivity index (χ2v) is 10.0. The molecule has 0 radical (unpaired) electrons. The number of ether oxygens (including phenoxy) is 3. The van der Waals surface area contributed by atoms with E-state index in [9.17, 15) is 14.4 Å². The van der Waals surface area contributed by atoms with E-state index in [4.69, 9.17) is 14.2 Å².